The lowest BCUT2D eigenvalue weighted by atomic mass is 10.2. The van der Waals surface area contributed by atoms with Gasteiger partial charge in [-0.3, -0.25) is 4.79 Å². The van der Waals surface area contributed by atoms with Crippen molar-refractivity contribution >= 4 is 28.7 Å². The Bertz CT molecular complexity index is 699. The molecule has 5 heteroatoms. The van der Waals surface area contributed by atoms with Crippen molar-refractivity contribution in [2.24, 2.45) is 0 Å². The number of carbonyl (C=O) groups is 1. The molecule has 3 rings (SSSR count). The van der Waals surface area contributed by atoms with E-state index in [1.807, 2.05) is 25.1 Å². The van der Waals surface area contributed by atoms with Crippen molar-refractivity contribution in [3.8, 4) is 10.6 Å². The van der Waals surface area contributed by atoms with E-state index in [4.69, 9.17) is 4.42 Å². The maximum Gasteiger partial charge on any atom is 0.192 e. The average Bonchev–Trinajstić information content (AvgIpc) is 2.92. The topological polar surface area (TPSA) is 56.0 Å². The SMILES string of the molecule is Cc1nc2cc(-c3nc(C=O)cs3)ccc2o1. The third-order valence-electron chi connectivity index (χ3n) is 2.38. The number of hydrogen-bond acceptors (Lipinski definition) is 5. The van der Waals surface area contributed by atoms with Crippen LogP contribution in [0, 0.1) is 6.92 Å². The fourth-order valence-corrected chi connectivity index (χ4v) is 2.41. The molecule has 0 amide bonds. The molecule has 0 bridgehead atoms. The molecular formula is C12H8N2O2S. The van der Waals surface area contributed by atoms with Gasteiger partial charge in [0.2, 0.25) is 0 Å². The summed E-state index contributed by atoms with van der Waals surface area (Å²) >= 11 is 1.44. The standard InChI is InChI=1S/C12H8N2O2S/c1-7-13-10-4-8(2-3-11(10)16-7)12-14-9(5-15)6-17-12/h2-6H,1H3. The maximum atomic E-state index is 10.6. The molecule has 0 aliphatic heterocycles. The molecule has 0 spiro atoms. The summed E-state index contributed by atoms with van der Waals surface area (Å²) in [6.45, 7) is 1.81. The molecule has 0 fully saturated rings. The molecule has 0 aliphatic rings. The summed E-state index contributed by atoms with van der Waals surface area (Å²) in [5.74, 6) is 0.643. The maximum absolute atomic E-state index is 10.6. The largest absolute Gasteiger partial charge is 0.441 e. The van der Waals surface area contributed by atoms with Gasteiger partial charge in [-0.25, -0.2) is 9.97 Å². The van der Waals surface area contributed by atoms with E-state index >= 15 is 0 Å². The normalized spacial score (nSPS) is 10.9. The number of benzene rings is 1. The third kappa shape index (κ3) is 1.74. The highest BCUT2D eigenvalue weighted by atomic mass is 32.1. The van der Waals surface area contributed by atoms with E-state index in [9.17, 15) is 4.79 Å². The minimum atomic E-state index is 0.460. The Morgan fingerprint density at radius 2 is 2.24 bits per heavy atom. The molecule has 17 heavy (non-hydrogen) atoms. The van der Waals surface area contributed by atoms with Gasteiger partial charge in [0, 0.05) is 17.9 Å². The lowest BCUT2D eigenvalue weighted by Gasteiger charge is -1.94. The van der Waals surface area contributed by atoms with Gasteiger partial charge in [-0.1, -0.05) is 0 Å². The summed E-state index contributed by atoms with van der Waals surface area (Å²) in [7, 11) is 0. The molecule has 2 heterocycles. The summed E-state index contributed by atoms with van der Waals surface area (Å²) in [5.41, 5.74) is 2.98. The average molecular weight is 244 g/mol. The van der Waals surface area contributed by atoms with E-state index in [0.717, 1.165) is 28.0 Å². The van der Waals surface area contributed by atoms with Crippen LogP contribution in [0.4, 0.5) is 0 Å². The first-order valence-electron chi connectivity index (χ1n) is 5.04. The van der Waals surface area contributed by atoms with Gasteiger partial charge >= 0.3 is 0 Å². The Morgan fingerprint density at radius 3 is 3.00 bits per heavy atom. The molecule has 2 aromatic heterocycles. The predicted octanol–water partition coefficient (Wildman–Crippen LogP) is 3.07. The van der Waals surface area contributed by atoms with Crippen LogP contribution in [0.1, 0.15) is 16.4 Å². The second-order valence-corrected chi connectivity index (χ2v) is 4.47. The summed E-state index contributed by atoms with van der Waals surface area (Å²) < 4.78 is 5.40. The zero-order chi connectivity index (χ0) is 11.8. The van der Waals surface area contributed by atoms with Crippen LogP contribution in [0.25, 0.3) is 21.7 Å². The lowest BCUT2D eigenvalue weighted by Crippen LogP contribution is -1.80. The molecule has 0 atom stereocenters. The Balaban J connectivity index is 2.13. The van der Waals surface area contributed by atoms with Gasteiger partial charge in [0.15, 0.2) is 17.8 Å². The van der Waals surface area contributed by atoms with Gasteiger partial charge in [0.1, 0.15) is 16.2 Å². The van der Waals surface area contributed by atoms with E-state index in [2.05, 4.69) is 9.97 Å². The number of thiazole rings is 1. The predicted molar refractivity (Wildman–Crippen MR) is 65.2 cm³/mol. The quantitative estimate of drug-likeness (QED) is 0.650. The van der Waals surface area contributed by atoms with Crippen molar-refractivity contribution in [3.63, 3.8) is 0 Å². The van der Waals surface area contributed by atoms with Crippen LogP contribution < -0.4 is 0 Å². The Hall–Kier alpha value is -2.01. The summed E-state index contributed by atoms with van der Waals surface area (Å²) in [5, 5.41) is 2.55. The van der Waals surface area contributed by atoms with Crippen LogP contribution in [0.3, 0.4) is 0 Å². The first-order chi connectivity index (χ1) is 8.26. The van der Waals surface area contributed by atoms with E-state index in [1.54, 1.807) is 5.38 Å². The molecule has 84 valence electrons. The van der Waals surface area contributed by atoms with Crippen molar-refractivity contribution in [1.29, 1.82) is 0 Å². The monoisotopic (exact) mass is 244 g/mol. The van der Waals surface area contributed by atoms with Crippen LogP contribution in [0.5, 0.6) is 0 Å². The first-order valence-corrected chi connectivity index (χ1v) is 5.92. The van der Waals surface area contributed by atoms with Crippen LogP contribution in [0.15, 0.2) is 28.0 Å². The van der Waals surface area contributed by atoms with Gasteiger partial charge in [0.25, 0.3) is 0 Å². The number of nitrogens with zero attached hydrogens (tertiary/aromatic N) is 2. The molecule has 0 N–H and O–H groups in total. The molecule has 0 radical (unpaired) electrons. The molecule has 0 aliphatic carbocycles. The van der Waals surface area contributed by atoms with Gasteiger partial charge < -0.3 is 4.42 Å². The van der Waals surface area contributed by atoms with Crippen LogP contribution in [0.2, 0.25) is 0 Å². The molecule has 1 aromatic carbocycles. The summed E-state index contributed by atoms with van der Waals surface area (Å²) in [6.07, 6.45) is 0.749. The van der Waals surface area contributed by atoms with E-state index < -0.39 is 0 Å². The molecule has 0 saturated heterocycles. The van der Waals surface area contributed by atoms with Gasteiger partial charge in [0.05, 0.1) is 0 Å². The van der Waals surface area contributed by atoms with Crippen molar-refractivity contribution in [1.82, 2.24) is 9.97 Å². The molecule has 0 saturated carbocycles. The molecule has 3 aromatic rings. The minimum absolute atomic E-state index is 0.460. The van der Waals surface area contributed by atoms with Crippen LogP contribution in [-0.4, -0.2) is 16.3 Å². The van der Waals surface area contributed by atoms with Crippen molar-refractivity contribution < 1.29 is 9.21 Å². The Morgan fingerprint density at radius 1 is 1.35 bits per heavy atom. The fourth-order valence-electron chi connectivity index (χ4n) is 1.65. The zero-order valence-corrected chi connectivity index (χ0v) is 9.82. The van der Waals surface area contributed by atoms with E-state index in [1.165, 1.54) is 11.3 Å². The third-order valence-corrected chi connectivity index (χ3v) is 3.29. The fraction of sp³-hybridized carbons (Fsp3) is 0.0833. The number of rotatable bonds is 2. The van der Waals surface area contributed by atoms with E-state index in [-0.39, 0.29) is 0 Å². The number of fused-ring (bicyclic) bond motifs is 1. The van der Waals surface area contributed by atoms with Gasteiger partial charge in [-0.05, 0) is 18.2 Å². The highest BCUT2D eigenvalue weighted by Gasteiger charge is 2.07. The second-order valence-electron chi connectivity index (χ2n) is 3.61. The smallest absolute Gasteiger partial charge is 0.192 e. The van der Waals surface area contributed by atoms with Gasteiger partial charge in [-0.15, -0.1) is 11.3 Å². The molecule has 4 nitrogen and oxygen atoms in total. The number of aryl methyl sites for hydroxylation is 1. The van der Waals surface area contributed by atoms with Crippen molar-refractivity contribution in [2.45, 2.75) is 6.92 Å². The van der Waals surface area contributed by atoms with Gasteiger partial charge in [-0.2, -0.15) is 0 Å². The molecular weight excluding hydrogens is 236 g/mol. The minimum Gasteiger partial charge on any atom is -0.441 e. The lowest BCUT2D eigenvalue weighted by molar-refractivity contribution is 0.111. The Labute approximate surface area is 101 Å². The number of aromatic nitrogens is 2. The number of carbonyl (C=O) groups excluding carboxylic acids is 1. The summed E-state index contributed by atoms with van der Waals surface area (Å²) in [6, 6.07) is 5.70. The van der Waals surface area contributed by atoms with Crippen molar-refractivity contribution in [2.75, 3.05) is 0 Å². The highest BCUT2D eigenvalue weighted by molar-refractivity contribution is 7.13. The Kier molecular flexibility index (Phi) is 2.26. The highest BCUT2D eigenvalue weighted by Crippen LogP contribution is 2.26. The summed E-state index contributed by atoms with van der Waals surface area (Å²) in [4.78, 5) is 19.1. The molecule has 0 unspecified atom stereocenters. The van der Waals surface area contributed by atoms with Crippen molar-refractivity contribution in [3.05, 3.63) is 35.2 Å². The van der Waals surface area contributed by atoms with E-state index in [0.29, 0.717) is 11.6 Å². The van der Waals surface area contributed by atoms with Crippen LogP contribution >= 0.6 is 11.3 Å². The first kappa shape index (κ1) is 10.2. The second kappa shape index (κ2) is 3.78. The van der Waals surface area contributed by atoms with Crippen LogP contribution in [-0.2, 0) is 0 Å². The number of aldehydes is 1. The number of oxazole rings is 1. The number of hydrogen-bond donors (Lipinski definition) is 0. The zero-order valence-electron chi connectivity index (χ0n) is 9.01.